The second kappa shape index (κ2) is 3.94. The summed E-state index contributed by atoms with van der Waals surface area (Å²) in [5.74, 6) is 0.656. The van der Waals surface area contributed by atoms with Crippen LogP contribution in [0.5, 0.6) is 0 Å². The van der Waals surface area contributed by atoms with Crippen molar-refractivity contribution in [3.05, 3.63) is 37.1 Å². The third-order valence-corrected chi connectivity index (χ3v) is 1.59. The highest BCUT2D eigenvalue weighted by molar-refractivity contribution is 5.11. The molecule has 1 atom stereocenters. The van der Waals surface area contributed by atoms with Crippen molar-refractivity contribution in [1.29, 1.82) is 0 Å². The van der Waals surface area contributed by atoms with E-state index in [-0.39, 0.29) is 0 Å². The van der Waals surface area contributed by atoms with Crippen molar-refractivity contribution in [2.45, 2.75) is 6.42 Å². The summed E-state index contributed by atoms with van der Waals surface area (Å²) in [5.41, 5.74) is 0. The predicted octanol–water partition coefficient (Wildman–Crippen LogP) is 1.85. The van der Waals surface area contributed by atoms with Gasteiger partial charge < -0.3 is 5.32 Å². The maximum absolute atomic E-state index is 3.59. The van der Waals surface area contributed by atoms with E-state index in [4.69, 9.17) is 0 Å². The second-order valence-corrected chi connectivity index (χ2v) is 2.42. The summed E-state index contributed by atoms with van der Waals surface area (Å²) in [6.07, 6.45) is 11.5. The van der Waals surface area contributed by atoms with Gasteiger partial charge in [0, 0.05) is 6.54 Å². The zero-order valence-corrected chi connectivity index (χ0v) is 6.09. The molecule has 10 heavy (non-hydrogen) atoms. The van der Waals surface area contributed by atoms with E-state index in [1.165, 1.54) is 0 Å². The van der Waals surface area contributed by atoms with Crippen LogP contribution in [0.15, 0.2) is 37.1 Å². The van der Waals surface area contributed by atoms with Gasteiger partial charge in [-0.25, -0.2) is 0 Å². The van der Waals surface area contributed by atoms with E-state index in [0.717, 1.165) is 13.0 Å². The summed E-state index contributed by atoms with van der Waals surface area (Å²) in [6.45, 7) is 4.60. The van der Waals surface area contributed by atoms with Crippen LogP contribution in [0.4, 0.5) is 0 Å². The standard InChI is InChI=1S/C9H13N/c1-2-10-8-9-6-4-3-5-7-9/h2-6,9-10H,1,7-8H2. The quantitative estimate of drug-likeness (QED) is 0.622. The molecule has 1 aliphatic carbocycles. The molecule has 1 N–H and O–H groups in total. The second-order valence-electron chi connectivity index (χ2n) is 2.42. The number of allylic oxidation sites excluding steroid dienone is 3. The average molecular weight is 135 g/mol. The Morgan fingerprint density at radius 2 is 2.50 bits per heavy atom. The highest BCUT2D eigenvalue weighted by Crippen LogP contribution is 2.09. The first kappa shape index (κ1) is 7.13. The first-order valence-corrected chi connectivity index (χ1v) is 3.61. The molecule has 0 saturated carbocycles. The number of rotatable bonds is 3. The van der Waals surface area contributed by atoms with Crippen molar-refractivity contribution in [1.82, 2.24) is 5.32 Å². The fourth-order valence-corrected chi connectivity index (χ4v) is 1.02. The fraction of sp³-hybridized carbons (Fsp3) is 0.333. The van der Waals surface area contributed by atoms with Crippen LogP contribution < -0.4 is 5.32 Å². The SMILES string of the molecule is C=CNCC1C=CC=CC1. The maximum Gasteiger partial charge on any atom is 0.0207 e. The zero-order chi connectivity index (χ0) is 7.23. The van der Waals surface area contributed by atoms with E-state index in [2.05, 4.69) is 36.2 Å². The Hall–Kier alpha value is -0.980. The van der Waals surface area contributed by atoms with Crippen molar-refractivity contribution in [2.75, 3.05) is 6.54 Å². The molecular formula is C9H13N. The van der Waals surface area contributed by atoms with E-state index in [9.17, 15) is 0 Å². The Kier molecular flexibility index (Phi) is 2.81. The van der Waals surface area contributed by atoms with Crippen LogP contribution in [-0.4, -0.2) is 6.54 Å². The zero-order valence-electron chi connectivity index (χ0n) is 6.09. The third-order valence-electron chi connectivity index (χ3n) is 1.59. The molecule has 0 heterocycles. The Morgan fingerprint density at radius 1 is 1.60 bits per heavy atom. The van der Waals surface area contributed by atoms with Gasteiger partial charge in [0.25, 0.3) is 0 Å². The molecule has 54 valence electrons. The van der Waals surface area contributed by atoms with Crippen LogP contribution in [-0.2, 0) is 0 Å². The van der Waals surface area contributed by atoms with Gasteiger partial charge in [0.15, 0.2) is 0 Å². The molecule has 0 aromatic heterocycles. The topological polar surface area (TPSA) is 12.0 Å². The normalized spacial score (nSPS) is 22.6. The molecule has 1 rings (SSSR count). The Balaban J connectivity index is 2.23. The van der Waals surface area contributed by atoms with Gasteiger partial charge in [0.2, 0.25) is 0 Å². The predicted molar refractivity (Wildman–Crippen MR) is 44.6 cm³/mol. The molecule has 0 bridgehead atoms. The van der Waals surface area contributed by atoms with Crippen LogP contribution in [0.1, 0.15) is 6.42 Å². The number of hydrogen-bond donors (Lipinski definition) is 1. The van der Waals surface area contributed by atoms with Gasteiger partial charge in [-0.05, 0) is 18.5 Å². The van der Waals surface area contributed by atoms with Crippen molar-refractivity contribution < 1.29 is 0 Å². The minimum atomic E-state index is 0.656. The largest absolute Gasteiger partial charge is 0.391 e. The molecule has 0 aliphatic heterocycles. The summed E-state index contributed by atoms with van der Waals surface area (Å²) in [5, 5.41) is 3.10. The summed E-state index contributed by atoms with van der Waals surface area (Å²) < 4.78 is 0. The van der Waals surface area contributed by atoms with Gasteiger partial charge in [-0.15, -0.1) is 0 Å². The lowest BCUT2D eigenvalue weighted by Gasteiger charge is -2.11. The summed E-state index contributed by atoms with van der Waals surface area (Å²) in [7, 11) is 0. The minimum absolute atomic E-state index is 0.656. The maximum atomic E-state index is 3.59. The first-order chi connectivity index (χ1) is 4.93. The minimum Gasteiger partial charge on any atom is -0.391 e. The summed E-state index contributed by atoms with van der Waals surface area (Å²) >= 11 is 0. The first-order valence-electron chi connectivity index (χ1n) is 3.61. The monoisotopic (exact) mass is 135 g/mol. The molecule has 1 heteroatoms. The summed E-state index contributed by atoms with van der Waals surface area (Å²) in [4.78, 5) is 0. The van der Waals surface area contributed by atoms with Gasteiger partial charge in [-0.1, -0.05) is 30.9 Å². The molecule has 0 radical (unpaired) electrons. The van der Waals surface area contributed by atoms with Crippen LogP contribution >= 0.6 is 0 Å². The molecule has 0 saturated heterocycles. The van der Waals surface area contributed by atoms with Crippen molar-refractivity contribution in [2.24, 2.45) is 5.92 Å². The van der Waals surface area contributed by atoms with Crippen LogP contribution in [0.3, 0.4) is 0 Å². The fourth-order valence-electron chi connectivity index (χ4n) is 1.02. The number of hydrogen-bond acceptors (Lipinski definition) is 1. The molecule has 1 aliphatic rings. The Labute approximate surface area is 62.1 Å². The van der Waals surface area contributed by atoms with Crippen LogP contribution in [0.2, 0.25) is 0 Å². The van der Waals surface area contributed by atoms with Crippen molar-refractivity contribution >= 4 is 0 Å². The lowest BCUT2D eigenvalue weighted by molar-refractivity contribution is 0.618. The number of nitrogens with one attached hydrogen (secondary N) is 1. The molecule has 0 aromatic rings. The Morgan fingerprint density at radius 3 is 3.10 bits per heavy atom. The lowest BCUT2D eigenvalue weighted by Crippen LogP contribution is -2.16. The molecular weight excluding hydrogens is 122 g/mol. The molecule has 0 amide bonds. The van der Waals surface area contributed by atoms with Gasteiger partial charge in [-0.2, -0.15) is 0 Å². The lowest BCUT2D eigenvalue weighted by atomic mass is 10.0. The average Bonchev–Trinajstić information content (AvgIpc) is 2.03. The molecule has 0 aromatic carbocycles. The van der Waals surface area contributed by atoms with E-state index in [0.29, 0.717) is 5.92 Å². The van der Waals surface area contributed by atoms with Gasteiger partial charge in [0.05, 0.1) is 0 Å². The van der Waals surface area contributed by atoms with Crippen LogP contribution in [0.25, 0.3) is 0 Å². The Bertz CT molecular complexity index is 156. The van der Waals surface area contributed by atoms with Gasteiger partial charge in [-0.3, -0.25) is 0 Å². The van der Waals surface area contributed by atoms with E-state index in [1.807, 2.05) is 0 Å². The smallest absolute Gasteiger partial charge is 0.0207 e. The molecule has 0 fully saturated rings. The summed E-state index contributed by atoms with van der Waals surface area (Å²) in [6, 6.07) is 0. The van der Waals surface area contributed by atoms with E-state index < -0.39 is 0 Å². The molecule has 0 spiro atoms. The van der Waals surface area contributed by atoms with Gasteiger partial charge >= 0.3 is 0 Å². The molecule has 1 nitrogen and oxygen atoms in total. The van der Waals surface area contributed by atoms with Crippen molar-refractivity contribution in [3.8, 4) is 0 Å². The van der Waals surface area contributed by atoms with Crippen molar-refractivity contribution in [3.63, 3.8) is 0 Å². The molecule has 1 unspecified atom stereocenters. The van der Waals surface area contributed by atoms with E-state index >= 15 is 0 Å². The highest BCUT2D eigenvalue weighted by atomic mass is 14.8. The van der Waals surface area contributed by atoms with Gasteiger partial charge in [0.1, 0.15) is 0 Å². The van der Waals surface area contributed by atoms with Crippen LogP contribution in [0, 0.1) is 5.92 Å². The highest BCUT2D eigenvalue weighted by Gasteiger charge is 2.01. The third kappa shape index (κ3) is 2.09. The van der Waals surface area contributed by atoms with E-state index in [1.54, 1.807) is 6.20 Å².